The molecule has 0 aliphatic rings. The number of furan rings is 1. The van der Waals surface area contributed by atoms with Gasteiger partial charge in [0, 0.05) is 24.9 Å². The van der Waals surface area contributed by atoms with Gasteiger partial charge in [0.05, 0.1) is 12.8 Å². The van der Waals surface area contributed by atoms with Crippen molar-refractivity contribution in [1.29, 1.82) is 0 Å². The highest BCUT2D eigenvalue weighted by molar-refractivity contribution is 5.77. The number of hydrogen-bond acceptors (Lipinski definition) is 4. The summed E-state index contributed by atoms with van der Waals surface area (Å²) in [6.45, 7) is 0.587. The Balaban J connectivity index is 1.40. The van der Waals surface area contributed by atoms with Gasteiger partial charge in [-0.15, -0.1) is 0 Å². The summed E-state index contributed by atoms with van der Waals surface area (Å²) in [5.74, 6) is 0.477. The molecule has 31 heavy (non-hydrogen) atoms. The molecule has 0 aliphatic carbocycles. The molecular weight excluding hydrogens is 390 g/mol. The molecule has 0 saturated carbocycles. The maximum absolute atomic E-state index is 12.7. The number of rotatable bonds is 8. The van der Waals surface area contributed by atoms with Crippen LogP contribution in [-0.2, 0) is 11.3 Å². The summed E-state index contributed by atoms with van der Waals surface area (Å²) in [5, 5.41) is 7.25. The van der Waals surface area contributed by atoms with Gasteiger partial charge in [-0.2, -0.15) is 5.10 Å². The lowest BCUT2D eigenvalue weighted by molar-refractivity contribution is -0.121. The van der Waals surface area contributed by atoms with Gasteiger partial charge in [0.2, 0.25) is 5.91 Å². The predicted molar refractivity (Wildman–Crippen MR) is 119 cm³/mol. The van der Waals surface area contributed by atoms with Crippen LogP contribution in [0.1, 0.15) is 23.5 Å². The monoisotopic (exact) mass is 413 g/mol. The fraction of sp³-hybridized carbons (Fsp3) is 0.160. The number of benzene rings is 2. The quantitative estimate of drug-likeness (QED) is 0.476. The molecule has 0 atom stereocenters. The highest BCUT2D eigenvalue weighted by atomic mass is 16.3. The van der Waals surface area contributed by atoms with E-state index in [9.17, 15) is 9.59 Å². The van der Waals surface area contributed by atoms with Gasteiger partial charge in [-0.05, 0) is 29.3 Å². The summed E-state index contributed by atoms with van der Waals surface area (Å²) < 4.78 is 6.67. The minimum atomic E-state index is -0.226. The van der Waals surface area contributed by atoms with E-state index >= 15 is 0 Å². The molecule has 1 N–H and O–H groups in total. The molecule has 0 unspecified atom stereocenters. The zero-order valence-corrected chi connectivity index (χ0v) is 17.0. The molecule has 0 spiro atoms. The van der Waals surface area contributed by atoms with Crippen molar-refractivity contribution in [1.82, 2.24) is 15.1 Å². The molecule has 4 aromatic rings. The van der Waals surface area contributed by atoms with Gasteiger partial charge in [-0.25, -0.2) is 4.68 Å². The second kappa shape index (κ2) is 9.71. The van der Waals surface area contributed by atoms with E-state index in [1.54, 1.807) is 24.5 Å². The van der Waals surface area contributed by atoms with Crippen LogP contribution >= 0.6 is 0 Å². The highest BCUT2D eigenvalue weighted by Crippen LogP contribution is 2.27. The molecule has 0 saturated heterocycles. The first kappa shape index (κ1) is 20.3. The standard InChI is InChI=1S/C25H23N3O3/c29-24(18-21(19-8-3-1-4-9-19)20-10-5-2-6-11-20)26-15-16-28-25(30)14-13-22(27-28)23-12-7-17-31-23/h1-14,17,21H,15-16,18H2,(H,26,29). The molecule has 0 radical (unpaired) electrons. The van der Waals surface area contributed by atoms with E-state index in [4.69, 9.17) is 4.42 Å². The van der Waals surface area contributed by atoms with Crippen LogP contribution in [0.5, 0.6) is 0 Å². The van der Waals surface area contributed by atoms with Crippen LogP contribution in [0.4, 0.5) is 0 Å². The van der Waals surface area contributed by atoms with Crippen LogP contribution in [0.2, 0.25) is 0 Å². The number of aromatic nitrogens is 2. The lowest BCUT2D eigenvalue weighted by Gasteiger charge is -2.18. The number of nitrogens with zero attached hydrogens (tertiary/aromatic N) is 2. The second-order valence-electron chi connectivity index (χ2n) is 7.19. The lowest BCUT2D eigenvalue weighted by Crippen LogP contribution is -2.32. The van der Waals surface area contributed by atoms with Gasteiger partial charge in [-0.1, -0.05) is 60.7 Å². The Morgan fingerprint density at radius 2 is 1.58 bits per heavy atom. The van der Waals surface area contributed by atoms with E-state index in [0.29, 0.717) is 24.4 Å². The third-order valence-electron chi connectivity index (χ3n) is 5.08. The molecule has 6 nitrogen and oxygen atoms in total. The van der Waals surface area contributed by atoms with Gasteiger partial charge in [0.15, 0.2) is 5.76 Å². The van der Waals surface area contributed by atoms with E-state index in [2.05, 4.69) is 10.4 Å². The van der Waals surface area contributed by atoms with Crippen LogP contribution < -0.4 is 10.9 Å². The first-order chi connectivity index (χ1) is 15.2. The first-order valence-electron chi connectivity index (χ1n) is 10.2. The number of carbonyl (C=O) groups is 1. The predicted octanol–water partition coefficient (Wildman–Crippen LogP) is 3.84. The molecular formula is C25H23N3O3. The molecule has 156 valence electrons. The Bertz CT molecular complexity index is 1130. The molecule has 0 bridgehead atoms. The summed E-state index contributed by atoms with van der Waals surface area (Å²) in [7, 11) is 0. The third kappa shape index (κ3) is 5.17. The molecule has 0 fully saturated rings. The van der Waals surface area contributed by atoms with Crippen molar-refractivity contribution in [2.24, 2.45) is 0 Å². The maximum atomic E-state index is 12.7. The van der Waals surface area contributed by atoms with Crippen LogP contribution in [-0.4, -0.2) is 22.2 Å². The Morgan fingerprint density at radius 3 is 2.19 bits per heavy atom. The summed E-state index contributed by atoms with van der Waals surface area (Å²) in [6, 6.07) is 26.6. The van der Waals surface area contributed by atoms with Crippen LogP contribution in [0, 0.1) is 0 Å². The minimum Gasteiger partial charge on any atom is -0.463 e. The van der Waals surface area contributed by atoms with Crippen molar-refractivity contribution in [2.45, 2.75) is 18.9 Å². The molecule has 2 heterocycles. The Labute approximate surface area is 180 Å². The summed E-state index contributed by atoms with van der Waals surface area (Å²) in [5.41, 5.74) is 2.53. The molecule has 4 rings (SSSR count). The highest BCUT2D eigenvalue weighted by Gasteiger charge is 2.18. The van der Waals surface area contributed by atoms with Crippen LogP contribution in [0.15, 0.2) is 100 Å². The number of carbonyl (C=O) groups excluding carboxylic acids is 1. The Hall–Kier alpha value is -3.93. The van der Waals surface area contributed by atoms with E-state index in [1.165, 1.54) is 10.7 Å². The summed E-state index contributed by atoms with van der Waals surface area (Å²) >= 11 is 0. The Morgan fingerprint density at radius 1 is 0.903 bits per heavy atom. The SMILES string of the molecule is O=C(CC(c1ccccc1)c1ccccc1)NCCn1nc(-c2ccco2)ccc1=O. The smallest absolute Gasteiger partial charge is 0.266 e. The van der Waals surface area contributed by atoms with Gasteiger partial charge < -0.3 is 9.73 Å². The van der Waals surface area contributed by atoms with Crippen molar-refractivity contribution in [3.05, 3.63) is 113 Å². The van der Waals surface area contributed by atoms with Gasteiger partial charge in [0.1, 0.15) is 5.69 Å². The van der Waals surface area contributed by atoms with Gasteiger partial charge in [-0.3, -0.25) is 9.59 Å². The zero-order chi connectivity index (χ0) is 21.5. The number of hydrogen-bond donors (Lipinski definition) is 1. The van der Waals surface area contributed by atoms with E-state index < -0.39 is 0 Å². The van der Waals surface area contributed by atoms with Crippen molar-refractivity contribution >= 4 is 5.91 Å². The Kier molecular flexibility index (Phi) is 6.38. The topological polar surface area (TPSA) is 77.1 Å². The minimum absolute atomic E-state index is 0.0365. The fourth-order valence-corrected chi connectivity index (χ4v) is 3.52. The van der Waals surface area contributed by atoms with Gasteiger partial charge in [0.25, 0.3) is 5.56 Å². The van der Waals surface area contributed by atoms with Gasteiger partial charge >= 0.3 is 0 Å². The normalized spacial score (nSPS) is 10.9. The molecule has 1 amide bonds. The molecule has 6 heteroatoms. The van der Waals surface area contributed by atoms with Crippen molar-refractivity contribution in [3.63, 3.8) is 0 Å². The van der Waals surface area contributed by atoms with Crippen molar-refractivity contribution in [3.8, 4) is 11.5 Å². The maximum Gasteiger partial charge on any atom is 0.266 e. The van der Waals surface area contributed by atoms with Crippen LogP contribution in [0.3, 0.4) is 0 Å². The van der Waals surface area contributed by atoms with Crippen molar-refractivity contribution < 1.29 is 9.21 Å². The van der Waals surface area contributed by atoms with Crippen molar-refractivity contribution in [2.75, 3.05) is 6.54 Å². The zero-order valence-electron chi connectivity index (χ0n) is 17.0. The van der Waals surface area contributed by atoms with Crippen LogP contribution in [0.25, 0.3) is 11.5 Å². The summed E-state index contributed by atoms with van der Waals surface area (Å²) in [4.78, 5) is 24.8. The van der Waals surface area contributed by atoms with E-state index in [1.807, 2.05) is 60.7 Å². The number of amides is 1. The van der Waals surface area contributed by atoms with E-state index in [0.717, 1.165) is 11.1 Å². The summed E-state index contributed by atoms with van der Waals surface area (Å²) in [6.07, 6.45) is 1.88. The molecule has 0 aliphatic heterocycles. The third-order valence-corrected chi connectivity index (χ3v) is 5.08. The largest absolute Gasteiger partial charge is 0.463 e. The number of nitrogens with one attached hydrogen (secondary N) is 1. The molecule has 2 aromatic carbocycles. The second-order valence-corrected chi connectivity index (χ2v) is 7.19. The van der Waals surface area contributed by atoms with E-state index in [-0.39, 0.29) is 23.9 Å². The molecule has 2 aromatic heterocycles. The average Bonchev–Trinajstić information content (AvgIpc) is 3.35. The average molecular weight is 413 g/mol. The fourth-order valence-electron chi connectivity index (χ4n) is 3.52. The first-order valence-corrected chi connectivity index (χ1v) is 10.2. The lowest BCUT2D eigenvalue weighted by atomic mass is 9.88.